The molecule has 4 rings (SSSR count). The van der Waals surface area contributed by atoms with E-state index < -0.39 is 28.5 Å². The third-order valence-corrected chi connectivity index (χ3v) is 9.41. The maximum atomic E-state index is 14.3. The largest absolute Gasteiger partial charge is 0.355 e. The fourth-order valence-corrected chi connectivity index (χ4v) is 6.73. The topological polar surface area (TPSA) is 86.8 Å². The molecule has 0 fully saturated rings. The van der Waals surface area contributed by atoms with Crippen LogP contribution in [0.15, 0.2) is 112 Å². The number of amides is 2. The van der Waals surface area contributed by atoms with E-state index in [1.165, 1.54) is 35.2 Å². The van der Waals surface area contributed by atoms with Crippen LogP contribution in [-0.4, -0.2) is 44.3 Å². The number of likely N-dealkylation sites (N-methyl/N-ethyl adjacent to an activating group) is 1. The van der Waals surface area contributed by atoms with Crippen molar-refractivity contribution < 1.29 is 18.0 Å². The zero-order valence-corrected chi connectivity index (χ0v) is 27.2. The summed E-state index contributed by atoms with van der Waals surface area (Å²) >= 11 is 15.8. The molecule has 2 amide bonds. The molecule has 0 saturated carbocycles. The highest BCUT2D eigenvalue weighted by Crippen LogP contribution is 2.28. The molecule has 7 nitrogen and oxygen atoms in total. The molecule has 11 heteroatoms. The summed E-state index contributed by atoms with van der Waals surface area (Å²) in [6.45, 7) is 1.65. The Hall–Kier alpha value is -3.37. The van der Waals surface area contributed by atoms with Gasteiger partial charge in [-0.3, -0.25) is 13.9 Å². The van der Waals surface area contributed by atoms with Crippen molar-refractivity contribution in [1.29, 1.82) is 0 Å². The van der Waals surface area contributed by atoms with E-state index in [2.05, 4.69) is 21.2 Å². The summed E-state index contributed by atoms with van der Waals surface area (Å²) in [5.41, 5.74) is 1.82. The number of nitrogens with one attached hydrogen (secondary N) is 1. The van der Waals surface area contributed by atoms with Gasteiger partial charge in [-0.1, -0.05) is 87.7 Å². The third-order valence-electron chi connectivity index (χ3n) is 6.64. The lowest BCUT2D eigenvalue weighted by atomic mass is 10.0. The average Bonchev–Trinajstić information content (AvgIpc) is 2.98. The Bertz CT molecular complexity index is 1670. The minimum atomic E-state index is -4.25. The zero-order valence-electron chi connectivity index (χ0n) is 23.3. The smallest absolute Gasteiger partial charge is 0.264 e. The second-order valence-electron chi connectivity index (χ2n) is 9.70. The first-order valence-electron chi connectivity index (χ1n) is 13.5. The number of halogens is 3. The molecule has 1 unspecified atom stereocenters. The predicted octanol–water partition coefficient (Wildman–Crippen LogP) is 6.73. The molecule has 0 aromatic heterocycles. The van der Waals surface area contributed by atoms with Gasteiger partial charge in [0.25, 0.3) is 10.0 Å². The first kappa shape index (κ1) is 32.5. The number of hydrogen-bond acceptors (Lipinski definition) is 4. The summed E-state index contributed by atoms with van der Waals surface area (Å²) in [6.07, 6.45) is 0.230. The van der Waals surface area contributed by atoms with E-state index in [1.54, 1.807) is 25.1 Å². The SMILES string of the molecule is CCNC(=O)C(Cc1ccccc1)N(Cc1cccc(Br)c1)C(=O)CN(c1cccc(Cl)c1)S(=O)(=O)c1ccc(Cl)cc1. The monoisotopic (exact) mass is 701 g/mol. The molecule has 4 aromatic carbocycles. The van der Waals surface area contributed by atoms with Crippen LogP contribution < -0.4 is 9.62 Å². The van der Waals surface area contributed by atoms with Gasteiger partial charge in [-0.2, -0.15) is 0 Å². The summed E-state index contributed by atoms with van der Waals surface area (Å²) in [5, 5.41) is 3.52. The maximum absolute atomic E-state index is 14.3. The molecule has 0 bridgehead atoms. The van der Waals surface area contributed by atoms with Crippen LogP contribution in [0.3, 0.4) is 0 Å². The molecule has 0 aliphatic rings. The summed E-state index contributed by atoms with van der Waals surface area (Å²) in [7, 11) is -4.25. The number of carbonyl (C=O) groups is 2. The standard InChI is InChI=1S/C32H30BrCl2N3O4S/c1-2-36-32(40)30(19-23-8-4-3-5-9-23)37(21-24-10-6-11-25(33)18-24)31(39)22-38(28-13-7-12-27(35)20-28)43(41,42)29-16-14-26(34)15-17-29/h3-18,20,30H,2,19,21-22H2,1H3,(H,36,40). The van der Waals surface area contributed by atoms with Crippen LogP contribution in [0.4, 0.5) is 5.69 Å². The molecular formula is C32H30BrCl2N3O4S. The lowest BCUT2D eigenvalue weighted by molar-refractivity contribution is -0.140. The maximum Gasteiger partial charge on any atom is 0.264 e. The number of hydrogen-bond donors (Lipinski definition) is 1. The van der Waals surface area contributed by atoms with Gasteiger partial charge < -0.3 is 10.2 Å². The summed E-state index contributed by atoms with van der Waals surface area (Å²) in [6, 6.07) is 27.8. The number of nitrogens with zero attached hydrogens (tertiary/aromatic N) is 2. The van der Waals surface area contributed by atoms with Crippen LogP contribution in [0.2, 0.25) is 10.0 Å². The Morgan fingerprint density at radius 1 is 0.837 bits per heavy atom. The minimum Gasteiger partial charge on any atom is -0.355 e. The molecule has 0 spiro atoms. The first-order chi connectivity index (χ1) is 20.6. The van der Waals surface area contributed by atoms with E-state index in [0.29, 0.717) is 16.6 Å². The molecule has 0 aliphatic heterocycles. The molecule has 1 N–H and O–H groups in total. The first-order valence-corrected chi connectivity index (χ1v) is 16.5. The molecular weight excluding hydrogens is 673 g/mol. The van der Waals surface area contributed by atoms with Crippen molar-refractivity contribution in [2.24, 2.45) is 0 Å². The molecule has 4 aromatic rings. The fourth-order valence-electron chi connectivity index (χ4n) is 4.57. The Balaban J connectivity index is 1.80. The highest BCUT2D eigenvalue weighted by atomic mass is 79.9. The number of rotatable bonds is 12. The Labute approximate surface area is 270 Å². The molecule has 43 heavy (non-hydrogen) atoms. The summed E-state index contributed by atoms with van der Waals surface area (Å²) in [4.78, 5) is 29.3. The van der Waals surface area contributed by atoms with Gasteiger partial charge in [0.2, 0.25) is 11.8 Å². The van der Waals surface area contributed by atoms with Gasteiger partial charge in [-0.25, -0.2) is 8.42 Å². The van der Waals surface area contributed by atoms with Gasteiger partial charge in [0.15, 0.2) is 0 Å². The van der Waals surface area contributed by atoms with Crippen molar-refractivity contribution in [2.75, 3.05) is 17.4 Å². The highest BCUT2D eigenvalue weighted by molar-refractivity contribution is 9.10. The zero-order chi connectivity index (χ0) is 31.0. The van der Waals surface area contributed by atoms with Crippen LogP contribution in [0.1, 0.15) is 18.1 Å². The van der Waals surface area contributed by atoms with E-state index in [-0.39, 0.29) is 29.5 Å². The van der Waals surface area contributed by atoms with Crippen LogP contribution in [-0.2, 0) is 32.6 Å². The highest BCUT2D eigenvalue weighted by Gasteiger charge is 2.34. The fraction of sp³-hybridized carbons (Fsp3) is 0.188. The molecule has 224 valence electrons. The molecule has 0 heterocycles. The number of benzene rings is 4. The second kappa shape index (κ2) is 14.9. The molecule has 0 aliphatic carbocycles. The van der Waals surface area contributed by atoms with Crippen molar-refractivity contribution in [3.05, 3.63) is 129 Å². The summed E-state index contributed by atoms with van der Waals surface area (Å²) in [5.74, 6) is -0.908. The van der Waals surface area contributed by atoms with E-state index in [0.717, 1.165) is 19.9 Å². The third kappa shape index (κ3) is 8.60. The summed E-state index contributed by atoms with van der Waals surface area (Å²) < 4.78 is 29.8. The van der Waals surface area contributed by atoms with Gasteiger partial charge in [0.1, 0.15) is 12.6 Å². The minimum absolute atomic E-state index is 0.0484. The van der Waals surface area contributed by atoms with E-state index in [1.807, 2.05) is 54.6 Å². The lowest BCUT2D eigenvalue weighted by Gasteiger charge is -2.34. The second-order valence-corrected chi connectivity index (χ2v) is 13.3. The van der Waals surface area contributed by atoms with Crippen LogP contribution in [0.5, 0.6) is 0 Å². The normalized spacial score (nSPS) is 11.9. The van der Waals surface area contributed by atoms with Crippen LogP contribution >= 0.6 is 39.1 Å². The van der Waals surface area contributed by atoms with E-state index >= 15 is 0 Å². The number of carbonyl (C=O) groups excluding carboxylic acids is 2. The van der Waals surface area contributed by atoms with Crippen LogP contribution in [0.25, 0.3) is 0 Å². The van der Waals surface area contributed by atoms with Crippen molar-refractivity contribution in [3.8, 4) is 0 Å². The predicted molar refractivity (Wildman–Crippen MR) is 175 cm³/mol. The average molecular weight is 703 g/mol. The van der Waals surface area contributed by atoms with Gasteiger partial charge >= 0.3 is 0 Å². The van der Waals surface area contributed by atoms with Gasteiger partial charge in [0, 0.05) is 34.0 Å². The Kier molecular flexibility index (Phi) is 11.3. The van der Waals surface area contributed by atoms with Crippen molar-refractivity contribution in [2.45, 2.75) is 30.8 Å². The van der Waals surface area contributed by atoms with Crippen molar-refractivity contribution in [3.63, 3.8) is 0 Å². The molecule has 1 atom stereocenters. The Morgan fingerprint density at radius 2 is 1.51 bits per heavy atom. The van der Waals surface area contributed by atoms with E-state index in [9.17, 15) is 18.0 Å². The van der Waals surface area contributed by atoms with Gasteiger partial charge in [-0.05, 0) is 72.6 Å². The lowest BCUT2D eigenvalue weighted by Crippen LogP contribution is -2.53. The number of anilines is 1. The van der Waals surface area contributed by atoms with E-state index in [4.69, 9.17) is 23.2 Å². The van der Waals surface area contributed by atoms with Crippen molar-refractivity contribution in [1.82, 2.24) is 10.2 Å². The van der Waals surface area contributed by atoms with Gasteiger partial charge in [-0.15, -0.1) is 0 Å². The van der Waals surface area contributed by atoms with Crippen LogP contribution in [0, 0.1) is 0 Å². The van der Waals surface area contributed by atoms with Crippen molar-refractivity contribution >= 4 is 66.7 Å². The van der Waals surface area contributed by atoms with Gasteiger partial charge in [0.05, 0.1) is 10.6 Å². The molecule has 0 saturated heterocycles. The quantitative estimate of drug-likeness (QED) is 0.178. The molecule has 0 radical (unpaired) electrons. The Morgan fingerprint density at radius 3 is 2.16 bits per heavy atom. The number of sulfonamides is 1.